The number of esters is 1. The molecule has 1 aliphatic carbocycles. The molecule has 1 rings (SSSR count). The molecule has 0 aromatic rings. The third-order valence-corrected chi connectivity index (χ3v) is 1.64. The molecule has 0 N–H and O–H groups in total. The molecule has 11 heavy (non-hydrogen) atoms. The Morgan fingerprint density at radius 2 is 2.09 bits per heavy atom. The van der Waals surface area contributed by atoms with Crippen molar-refractivity contribution in [1.82, 2.24) is 0 Å². The zero-order valence-electron chi connectivity index (χ0n) is 7.26. The lowest BCUT2D eigenvalue weighted by atomic mass is 10.2. The van der Waals surface area contributed by atoms with Gasteiger partial charge in [0.1, 0.15) is 6.10 Å². The van der Waals surface area contributed by atoms with Crippen LogP contribution in [0.1, 0.15) is 27.2 Å². The average Bonchev–Trinajstić information content (AvgIpc) is 2.43. The van der Waals surface area contributed by atoms with Gasteiger partial charge in [-0.1, -0.05) is 11.6 Å². The lowest BCUT2D eigenvalue weighted by molar-refractivity contribution is -0.142. The van der Waals surface area contributed by atoms with Crippen molar-refractivity contribution in [2.24, 2.45) is 5.92 Å². The predicted octanol–water partition coefficient (Wildman–Crippen LogP) is 1.90. The van der Waals surface area contributed by atoms with Crippen LogP contribution < -0.4 is 0 Å². The molecule has 0 spiro atoms. The van der Waals surface area contributed by atoms with Gasteiger partial charge in [0.05, 0.1) is 0 Å². The van der Waals surface area contributed by atoms with Crippen molar-refractivity contribution in [2.75, 3.05) is 0 Å². The van der Waals surface area contributed by atoms with E-state index in [2.05, 4.69) is 19.9 Å². The van der Waals surface area contributed by atoms with Gasteiger partial charge in [-0.2, -0.15) is 0 Å². The highest BCUT2D eigenvalue weighted by molar-refractivity contribution is 5.66. The van der Waals surface area contributed by atoms with Gasteiger partial charge in [0.15, 0.2) is 0 Å². The lowest BCUT2D eigenvalue weighted by Gasteiger charge is -1.96. The minimum Gasteiger partial charge on any atom is -0.462 e. The fraction of sp³-hybridized carbons (Fsp3) is 0.667. The van der Waals surface area contributed by atoms with Crippen molar-refractivity contribution in [3.05, 3.63) is 11.6 Å². The largest absolute Gasteiger partial charge is 0.462 e. The van der Waals surface area contributed by atoms with Crippen LogP contribution in [0.4, 0.5) is 0 Å². The van der Waals surface area contributed by atoms with Gasteiger partial charge in [0.2, 0.25) is 0 Å². The Bertz CT molecular complexity index is 190. The van der Waals surface area contributed by atoms with Crippen LogP contribution in [0.25, 0.3) is 0 Å². The lowest BCUT2D eigenvalue weighted by Crippen LogP contribution is -2.01. The number of carbonyl (C=O) groups is 1. The van der Waals surface area contributed by atoms with Gasteiger partial charge in [-0.3, -0.25) is 4.79 Å². The van der Waals surface area contributed by atoms with Crippen LogP contribution in [0.2, 0.25) is 0 Å². The van der Waals surface area contributed by atoms with Crippen LogP contribution >= 0.6 is 0 Å². The van der Waals surface area contributed by atoms with Gasteiger partial charge < -0.3 is 4.74 Å². The first-order valence-electron chi connectivity index (χ1n) is 3.92. The maximum Gasteiger partial charge on any atom is 0.302 e. The van der Waals surface area contributed by atoms with Gasteiger partial charge in [-0.15, -0.1) is 0 Å². The molecule has 1 aliphatic rings. The van der Waals surface area contributed by atoms with E-state index in [9.17, 15) is 4.79 Å². The van der Waals surface area contributed by atoms with Crippen molar-refractivity contribution >= 4 is 5.97 Å². The molecule has 1 saturated carbocycles. The molecule has 2 atom stereocenters. The molecule has 0 radical (unpaired) electrons. The molecule has 0 heterocycles. The molecule has 0 saturated heterocycles. The van der Waals surface area contributed by atoms with Gasteiger partial charge in [-0.05, 0) is 20.3 Å². The second-order valence-electron chi connectivity index (χ2n) is 3.29. The van der Waals surface area contributed by atoms with Crippen LogP contribution in [0, 0.1) is 5.92 Å². The topological polar surface area (TPSA) is 26.3 Å². The molecule has 1 fully saturated rings. The van der Waals surface area contributed by atoms with Gasteiger partial charge in [0, 0.05) is 12.8 Å². The summed E-state index contributed by atoms with van der Waals surface area (Å²) in [5.41, 5.74) is 1.30. The molecule has 0 aliphatic heterocycles. The SMILES string of the molecule is CC(=O)O[C@H]1C[C@@H]1C=C(C)C. The van der Waals surface area contributed by atoms with E-state index in [0.717, 1.165) is 6.42 Å². The van der Waals surface area contributed by atoms with Crippen LogP contribution in [-0.2, 0) is 9.53 Å². The summed E-state index contributed by atoms with van der Waals surface area (Å²) in [5.74, 6) is 0.323. The highest BCUT2D eigenvalue weighted by Crippen LogP contribution is 2.35. The summed E-state index contributed by atoms with van der Waals surface area (Å²) in [6, 6.07) is 0. The molecule has 0 aromatic heterocycles. The highest BCUT2D eigenvalue weighted by Gasteiger charge is 2.38. The summed E-state index contributed by atoms with van der Waals surface area (Å²) in [7, 11) is 0. The number of allylic oxidation sites excluding steroid dienone is 1. The molecule has 2 heteroatoms. The quantitative estimate of drug-likeness (QED) is 0.448. The van der Waals surface area contributed by atoms with Crippen molar-refractivity contribution in [1.29, 1.82) is 0 Å². The maximum absolute atomic E-state index is 10.5. The summed E-state index contributed by atoms with van der Waals surface area (Å²) in [6.07, 6.45) is 3.33. The predicted molar refractivity (Wildman–Crippen MR) is 43.1 cm³/mol. The Morgan fingerprint density at radius 3 is 2.55 bits per heavy atom. The zero-order chi connectivity index (χ0) is 8.43. The number of hydrogen-bond acceptors (Lipinski definition) is 2. The van der Waals surface area contributed by atoms with Crippen LogP contribution in [0.3, 0.4) is 0 Å². The first kappa shape index (κ1) is 8.31. The molecule has 0 aromatic carbocycles. The smallest absolute Gasteiger partial charge is 0.302 e. The highest BCUT2D eigenvalue weighted by atomic mass is 16.5. The molecule has 0 bridgehead atoms. The molecular formula is C9H14O2. The Kier molecular flexibility index (Phi) is 2.32. The summed E-state index contributed by atoms with van der Waals surface area (Å²) in [6.45, 7) is 5.57. The number of ether oxygens (including phenoxy) is 1. The average molecular weight is 154 g/mol. The van der Waals surface area contributed by atoms with Gasteiger partial charge in [0.25, 0.3) is 0 Å². The van der Waals surface area contributed by atoms with E-state index in [1.54, 1.807) is 0 Å². The van der Waals surface area contributed by atoms with E-state index in [1.165, 1.54) is 12.5 Å². The minimum atomic E-state index is -0.167. The monoisotopic (exact) mass is 154 g/mol. The van der Waals surface area contributed by atoms with Crippen LogP contribution in [0.5, 0.6) is 0 Å². The summed E-state index contributed by atoms with van der Waals surface area (Å²) in [4.78, 5) is 10.5. The molecule has 0 amide bonds. The van der Waals surface area contributed by atoms with Crippen molar-refractivity contribution < 1.29 is 9.53 Å². The van der Waals surface area contributed by atoms with E-state index >= 15 is 0 Å². The van der Waals surface area contributed by atoms with E-state index in [4.69, 9.17) is 4.74 Å². The molecule has 2 nitrogen and oxygen atoms in total. The summed E-state index contributed by atoms with van der Waals surface area (Å²) in [5, 5.41) is 0. The third-order valence-electron chi connectivity index (χ3n) is 1.64. The van der Waals surface area contributed by atoms with Crippen molar-refractivity contribution in [3.8, 4) is 0 Å². The standard InChI is InChI=1S/C9H14O2/c1-6(2)4-8-5-9(8)11-7(3)10/h4,8-9H,5H2,1-3H3/t8-,9-/m0/s1. The number of carbonyl (C=O) groups excluding carboxylic acids is 1. The molecule has 62 valence electrons. The van der Waals surface area contributed by atoms with Crippen molar-refractivity contribution in [2.45, 2.75) is 33.3 Å². The van der Waals surface area contributed by atoms with Crippen molar-refractivity contribution in [3.63, 3.8) is 0 Å². The summed E-state index contributed by atoms with van der Waals surface area (Å²) >= 11 is 0. The Morgan fingerprint density at radius 1 is 1.45 bits per heavy atom. The Labute approximate surface area is 67.2 Å². The first-order chi connectivity index (χ1) is 5.09. The van der Waals surface area contributed by atoms with E-state index in [1.807, 2.05) is 0 Å². The second-order valence-corrected chi connectivity index (χ2v) is 3.29. The first-order valence-corrected chi connectivity index (χ1v) is 3.92. The normalized spacial score (nSPS) is 27.5. The zero-order valence-corrected chi connectivity index (χ0v) is 7.26. The number of hydrogen-bond donors (Lipinski definition) is 0. The van der Waals surface area contributed by atoms with Gasteiger partial charge in [-0.25, -0.2) is 0 Å². The van der Waals surface area contributed by atoms with Crippen LogP contribution in [0.15, 0.2) is 11.6 Å². The number of rotatable bonds is 2. The minimum absolute atomic E-state index is 0.167. The fourth-order valence-corrected chi connectivity index (χ4v) is 1.14. The molecule has 0 unspecified atom stereocenters. The summed E-state index contributed by atoms with van der Waals surface area (Å²) < 4.78 is 4.99. The Hall–Kier alpha value is -0.790. The molecular weight excluding hydrogens is 140 g/mol. The van der Waals surface area contributed by atoms with E-state index < -0.39 is 0 Å². The fourth-order valence-electron chi connectivity index (χ4n) is 1.14. The van der Waals surface area contributed by atoms with Gasteiger partial charge >= 0.3 is 5.97 Å². The maximum atomic E-state index is 10.5. The van der Waals surface area contributed by atoms with Crippen LogP contribution in [-0.4, -0.2) is 12.1 Å². The van der Waals surface area contributed by atoms with E-state index in [0.29, 0.717) is 5.92 Å². The van der Waals surface area contributed by atoms with E-state index in [-0.39, 0.29) is 12.1 Å². The third kappa shape index (κ3) is 2.74. The Balaban J connectivity index is 2.27. The second kappa shape index (κ2) is 3.07.